The molecule has 4 aliphatic rings. The van der Waals surface area contributed by atoms with E-state index in [9.17, 15) is 19.5 Å². The fourth-order valence-electron chi connectivity index (χ4n) is 5.98. The SMILES string of the molecule is N=C1NC2C(CN3C(=O)CCC3=O)NC(=N)N3C[C@H](NC(=O)c4cccc5ccccc45)[C@@H](O)[C@]23N1. The van der Waals surface area contributed by atoms with Crippen LogP contribution in [0.3, 0.4) is 0 Å². The fraction of sp³-hybridized carbons (Fsp3) is 0.375. The second kappa shape index (κ2) is 7.92. The maximum absolute atomic E-state index is 13.3. The third-order valence-electron chi connectivity index (χ3n) is 7.64. The van der Waals surface area contributed by atoms with Crippen LogP contribution in [0.4, 0.5) is 0 Å². The number of rotatable bonds is 4. The predicted octanol–water partition coefficient (Wildman–Crippen LogP) is -1.14. The highest BCUT2D eigenvalue weighted by molar-refractivity contribution is 6.07. The molecule has 0 aromatic heterocycles. The molecule has 2 aromatic carbocycles. The Balaban J connectivity index is 1.29. The number of amides is 3. The molecule has 186 valence electrons. The monoisotopic (exact) mass is 490 g/mol. The van der Waals surface area contributed by atoms with Crippen LogP contribution in [-0.2, 0) is 9.59 Å². The van der Waals surface area contributed by atoms with Crippen LogP contribution >= 0.6 is 0 Å². The summed E-state index contributed by atoms with van der Waals surface area (Å²) in [5.41, 5.74) is -0.839. The molecule has 1 spiro atoms. The molecule has 2 unspecified atom stereocenters. The van der Waals surface area contributed by atoms with E-state index in [1.807, 2.05) is 30.3 Å². The number of fused-ring (bicyclic) bond motifs is 1. The molecule has 4 saturated heterocycles. The highest BCUT2D eigenvalue weighted by Crippen LogP contribution is 2.38. The summed E-state index contributed by atoms with van der Waals surface area (Å²) in [4.78, 5) is 40.5. The Morgan fingerprint density at radius 2 is 1.81 bits per heavy atom. The predicted molar refractivity (Wildman–Crippen MR) is 129 cm³/mol. The lowest BCUT2D eigenvalue weighted by atomic mass is 9.87. The van der Waals surface area contributed by atoms with Crippen molar-refractivity contribution < 1.29 is 19.5 Å². The normalized spacial score (nSPS) is 31.1. The number of aliphatic hydroxyl groups excluding tert-OH is 1. The van der Waals surface area contributed by atoms with Crippen LogP contribution in [0.25, 0.3) is 10.8 Å². The number of hydrogen-bond donors (Lipinski definition) is 7. The first-order valence-electron chi connectivity index (χ1n) is 11.9. The maximum atomic E-state index is 13.3. The van der Waals surface area contributed by atoms with E-state index in [4.69, 9.17) is 10.8 Å². The molecule has 0 radical (unpaired) electrons. The van der Waals surface area contributed by atoms with Gasteiger partial charge >= 0.3 is 0 Å². The van der Waals surface area contributed by atoms with Gasteiger partial charge in [0.25, 0.3) is 5.91 Å². The zero-order valence-corrected chi connectivity index (χ0v) is 19.2. The summed E-state index contributed by atoms with van der Waals surface area (Å²) in [7, 11) is 0. The zero-order valence-electron chi connectivity index (χ0n) is 19.2. The van der Waals surface area contributed by atoms with Gasteiger partial charge < -0.3 is 31.3 Å². The second-order valence-corrected chi connectivity index (χ2v) is 9.61. The lowest BCUT2D eigenvalue weighted by molar-refractivity contribution is -0.139. The van der Waals surface area contributed by atoms with Crippen molar-refractivity contribution in [3.05, 3.63) is 48.0 Å². The van der Waals surface area contributed by atoms with E-state index in [2.05, 4.69) is 21.3 Å². The first kappa shape index (κ1) is 22.3. The van der Waals surface area contributed by atoms with E-state index >= 15 is 0 Å². The molecule has 0 aliphatic carbocycles. The molecule has 2 aromatic rings. The molecule has 12 heteroatoms. The standard InChI is InChI=1S/C24H26N8O4/c25-22-29-19-15(10-31-17(33)8-9-18(31)34)28-23(26)32-11-16(20(35)24(19,32)30-22)27-21(36)14-7-3-5-12-4-1-2-6-13(12)14/h1-7,15-16,19-20,35H,8-11H2,(H2,26,28)(H,27,36)(H3,25,29,30)/t15?,16-,19?,20+,24-/m0/s1. The number of benzene rings is 2. The lowest BCUT2D eigenvalue weighted by Gasteiger charge is -2.49. The van der Waals surface area contributed by atoms with Gasteiger partial charge in [-0.2, -0.15) is 0 Å². The minimum Gasteiger partial charge on any atom is -0.386 e. The van der Waals surface area contributed by atoms with Gasteiger partial charge in [0.2, 0.25) is 11.8 Å². The van der Waals surface area contributed by atoms with Crippen molar-refractivity contribution in [3.8, 4) is 0 Å². The van der Waals surface area contributed by atoms with Gasteiger partial charge in [0, 0.05) is 24.9 Å². The average molecular weight is 491 g/mol. The van der Waals surface area contributed by atoms with Gasteiger partial charge in [-0.15, -0.1) is 0 Å². The smallest absolute Gasteiger partial charge is 0.252 e. The van der Waals surface area contributed by atoms with Gasteiger partial charge in [-0.05, 0) is 16.8 Å². The number of nitrogens with zero attached hydrogens (tertiary/aromatic N) is 2. The van der Waals surface area contributed by atoms with Crippen LogP contribution in [0.1, 0.15) is 23.2 Å². The van der Waals surface area contributed by atoms with E-state index in [1.54, 1.807) is 17.0 Å². The Morgan fingerprint density at radius 1 is 1.08 bits per heavy atom. The Kier molecular flexibility index (Phi) is 4.90. The topological polar surface area (TPSA) is 174 Å². The molecule has 0 saturated carbocycles. The minimum atomic E-state index is -1.31. The van der Waals surface area contributed by atoms with Crippen molar-refractivity contribution in [1.82, 2.24) is 31.1 Å². The van der Waals surface area contributed by atoms with Gasteiger partial charge in [0.15, 0.2) is 17.6 Å². The number of carbonyl (C=O) groups is 3. The number of likely N-dealkylation sites (tertiary alicyclic amines) is 1. The molecule has 0 bridgehead atoms. The first-order chi connectivity index (χ1) is 17.3. The lowest BCUT2D eigenvalue weighted by Crippen LogP contribution is -2.78. The number of guanidine groups is 2. The van der Waals surface area contributed by atoms with Gasteiger partial charge in [-0.1, -0.05) is 36.4 Å². The molecule has 5 atom stereocenters. The molecule has 4 aliphatic heterocycles. The van der Waals surface area contributed by atoms with Gasteiger partial charge in [-0.3, -0.25) is 30.1 Å². The summed E-state index contributed by atoms with van der Waals surface area (Å²) in [6.45, 7) is 0.123. The largest absolute Gasteiger partial charge is 0.386 e. The van der Waals surface area contributed by atoms with Crippen LogP contribution in [0.5, 0.6) is 0 Å². The van der Waals surface area contributed by atoms with Crippen molar-refractivity contribution in [2.75, 3.05) is 13.1 Å². The molecule has 4 fully saturated rings. The number of hydrogen-bond acceptors (Lipinski definition) is 6. The third-order valence-corrected chi connectivity index (χ3v) is 7.64. The first-order valence-corrected chi connectivity index (χ1v) is 11.9. The summed E-state index contributed by atoms with van der Waals surface area (Å²) in [5.74, 6) is -0.990. The maximum Gasteiger partial charge on any atom is 0.252 e. The summed E-state index contributed by atoms with van der Waals surface area (Å²) in [6, 6.07) is 10.9. The summed E-state index contributed by atoms with van der Waals surface area (Å²) in [5, 5.41) is 42.1. The summed E-state index contributed by atoms with van der Waals surface area (Å²) < 4.78 is 0. The van der Waals surface area contributed by atoms with Crippen molar-refractivity contribution >= 4 is 40.4 Å². The van der Waals surface area contributed by atoms with Crippen molar-refractivity contribution in [1.29, 1.82) is 10.8 Å². The van der Waals surface area contributed by atoms with Gasteiger partial charge in [0.05, 0.1) is 24.7 Å². The minimum absolute atomic E-state index is 0.00200. The van der Waals surface area contributed by atoms with Crippen molar-refractivity contribution in [3.63, 3.8) is 0 Å². The fourth-order valence-corrected chi connectivity index (χ4v) is 5.98. The molecule has 6 rings (SSSR count). The second-order valence-electron chi connectivity index (χ2n) is 9.61. The van der Waals surface area contributed by atoms with Crippen molar-refractivity contribution in [2.45, 2.75) is 42.7 Å². The number of nitrogens with one attached hydrogen (secondary N) is 6. The van der Waals surface area contributed by atoms with Crippen LogP contribution in [0.15, 0.2) is 42.5 Å². The quantitative estimate of drug-likeness (QED) is 0.263. The number of carbonyl (C=O) groups excluding carboxylic acids is 3. The van der Waals surface area contributed by atoms with E-state index in [-0.39, 0.29) is 55.6 Å². The van der Waals surface area contributed by atoms with E-state index < -0.39 is 29.9 Å². The van der Waals surface area contributed by atoms with E-state index in [1.165, 1.54) is 4.90 Å². The van der Waals surface area contributed by atoms with Crippen LogP contribution in [0, 0.1) is 10.8 Å². The van der Waals surface area contributed by atoms with Crippen LogP contribution in [0.2, 0.25) is 0 Å². The summed E-state index contributed by atoms with van der Waals surface area (Å²) >= 11 is 0. The highest BCUT2D eigenvalue weighted by atomic mass is 16.3. The number of aliphatic hydroxyl groups is 1. The van der Waals surface area contributed by atoms with E-state index in [0.29, 0.717) is 5.56 Å². The molecular formula is C24H26N8O4. The molecule has 12 nitrogen and oxygen atoms in total. The highest BCUT2D eigenvalue weighted by Gasteiger charge is 2.67. The number of imide groups is 1. The Hall–Kier alpha value is -4.19. The van der Waals surface area contributed by atoms with Crippen LogP contribution < -0.4 is 21.3 Å². The van der Waals surface area contributed by atoms with Crippen molar-refractivity contribution in [2.24, 2.45) is 0 Å². The Morgan fingerprint density at radius 3 is 2.58 bits per heavy atom. The summed E-state index contributed by atoms with van der Waals surface area (Å²) in [6.07, 6.45) is -0.902. The Labute approximate surface area is 206 Å². The van der Waals surface area contributed by atoms with Gasteiger partial charge in [0.1, 0.15) is 6.10 Å². The molecule has 36 heavy (non-hydrogen) atoms. The zero-order chi connectivity index (χ0) is 25.2. The Bertz CT molecular complexity index is 1310. The third kappa shape index (κ3) is 3.14. The van der Waals surface area contributed by atoms with E-state index in [0.717, 1.165) is 10.8 Å². The molecule has 7 N–H and O–H groups in total. The molecular weight excluding hydrogens is 464 g/mol. The molecule has 3 amide bonds. The average Bonchev–Trinajstić information content (AvgIpc) is 3.48. The van der Waals surface area contributed by atoms with Crippen LogP contribution in [-0.4, -0.2) is 87.5 Å². The molecule has 4 heterocycles. The van der Waals surface area contributed by atoms with Gasteiger partial charge in [-0.25, -0.2) is 0 Å².